The Bertz CT molecular complexity index is 1090. The van der Waals surface area contributed by atoms with Gasteiger partial charge in [-0.1, -0.05) is 24.3 Å². The smallest absolute Gasteiger partial charge is 0.251 e. The van der Waals surface area contributed by atoms with Gasteiger partial charge in [0, 0.05) is 23.2 Å². The van der Waals surface area contributed by atoms with Crippen molar-refractivity contribution < 1.29 is 19.0 Å². The lowest BCUT2D eigenvalue weighted by Crippen LogP contribution is -2.23. The first-order valence-electron chi connectivity index (χ1n) is 10.8. The first kappa shape index (κ1) is 23.2. The summed E-state index contributed by atoms with van der Waals surface area (Å²) in [6.45, 7) is 9.35. The molecule has 0 bridgehead atoms. The third kappa shape index (κ3) is 5.61. The predicted octanol–water partition coefficient (Wildman–Crippen LogP) is 5.53. The van der Waals surface area contributed by atoms with Crippen LogP contribution < -0.4 is 19.5 Å². The first-order valence-corrected chi connectivity index (χ1v) is 10.8. The van der Waals surface area contributed by atoms with Crippen molar-refractivity contribution in [3.8, 4) is 17.2 Å². The summed E-state index contributed by atoms with van der Waals surface area (Å²) in [5, 5.41) is 2.97. The third-order valence-electron chi connectivity index (χ3n) is 5.40. The molecule has 5 heteroatoms. The first-order chi connectivity index (χ1) is 15.4. The van der Waals surface area contributed by atoms with Crippen LogP contribution in [0.3, 0.4) is 0 Å². The molecule has 0 radical (unpaired) electrons. The summed E-state index contributed by atoms with van der Waals surface area (Å²) >= 11 is 0. The standard InChI is InChI=1S/C27H31NO4/c1-6-31-25-12-11-21(27(29)28-16-22-9-7-8-10-24(22)30-5)15-23(25)17-32-26-14-18(2)13-19(3)20(26)4/h7-15H,6,16-17H2,1-5H3,(H,28,29). The van der Waals surface area contributed by atoms with Crippen LogP contribution in [0.5, 0.6) is 17.2 Å². The monoisotopic (exact) mass is 433 g/mol. The summed E-state index contributed by atoms with van der Waals surface area (Å²) in [5.74, 6) is 2.15. The Kier molecular flexibility index (Phi) is 7.77. The largest absolute Gasteiger partial charge is 0.496 e. The van der Waals surface area contributed by atoms with Gasteiger partial charge in [-0.2, -0.15) is 0 Å². The van der Waals surface area contributed by atoms with Gasteiger partial charge < -0.3 is 19.5 Å². The maximum absolute atomic E-state index is 12.8. The van der Waals surface area contributed by atoms with Crippen LogP contribution in [0, 0.1) is 20.8 Å². The molecule has 0 unspecified atom stereocenters. The number of rotatable bonds is 9. The minimum absolute atomic E-state index is 0.164. The number of aryl methyl sites for hydroxylation is 2. The molecule has 1 N–H and O–H groups in total. The Balaban J connectivity index is 1.77. The summed E-state index contributed by atoms with van der Waals surface area (Å²) < 4.78 is 17.3. The second-order valence-corrected chi connectivity index (χ2v) is 7.74. The molecule has 0 saturated carbocycles. The van der Waals surface area contributed by atoms with E-state index in [-0.39, 0.29) is 5.91 Å². The highest BCUT2D eigenvalue weighted by Gasteiger charge is 2.13. The van der Waals surface area contributed by atoms with Crippen molar-refractivity contribution in [1.82, 2.24) is 5.32 Å². The van der Waals surface area contributed by atoms with Gasteiger partial charge >= 0.3 is 0 Å². The summed E-state index contributed by atoms with van der Waals surface area (Å²) in [6, 6.07) is 17.2. The summed E-state index contributed by atoms with van der Waals surface area (Å²) in [6.07, 6.45) is 0. The van der Waals surface area contributed by atoms with Crippen molar-refractivity contribution in [2.24, 2.45) is 0 Å². The Morgan fingerprint density at radius 3 is 2.41 bits per heavy atom. The number of ether oxygens (including phenoxy) is 3. The van der Waals surface area contributed by atoms with E-state index in [1.165, 1.54) is 5.56 Å². The van der Waals surface area contributed by atoms with Crippen LogP contribution >= 0.6 is 0 Å². The minimum atomic E-state index is -0.164. The number of hydrogen-bond acceptors (Lipinski definition) is 4. The minimum Gasteiger partial charge on any atom is -0.496 e. The highest BCUT2D eigenvalue weighted by molar-refractivity contribution is 5.94. The topological polar surface area (TPSA) is 56.8 Å². The summed E-state index contributed by atoms with van der Waals surface area (Å²) in [7, 11) is 1.62. The molecule has 3 rings (SSSR count). The number of nitrogens with one attached hydrogen (secondary N) is 1. The maximum Gasteiger partial charge on any atom is 0.251 e. The van der Waals surface area contributed by atoms with Crippen LogP contribution in [0.4, 0.5) is 0 Å². The van der Waals surface area contributed by atoms with Crippen molar-refractivity contribution in [3.63, 3.8) is 0 Å². The van der Waals surface area contributed by atoms with Gasteiger partial charge in [0.25, 0.3) is 5.91 Å². The highest BCUT2D eigenvalue weighted by Crippen LogP contribution is 2.27. The lowest BCUT2D eigenvalue weighted by molar-refractivity contribution is 0.0950. The molecule has 3 aromatic carbocycles. The van der Waals surface area contributed by atoms with Gasteiger partial charge in [0.15, 0.2) is 0 Å². The SMILES string of the molecule is CCOc1ccc(C(=O)NCc2ccccc2OC)cc1COc1cc(C)cc(C)c1C. The fraction of sp³-hybridized carbons (Fsp3) is 0.296. The van der Waals surface area contributed by atoms with Crippen LogP contribution in [-0.4, -0.2) is 19.6 Å². The van der Waals surface area contributed by atoms with E-state index in [2.05, 4.69) is 32.2 Å². The number of carbonyl (C=O) groups is 1. The molecule has 3 aromatic rings. The molecule has 168 valence electrons. The molecule has 0 aliphatic heterocycles. The molecule has 0 aliphatic rings. The van der Waals surface area contributed by atoms with E-state index in [1.807, 2.05) is 49.4 Å². The number of hydrogen-bond donors (Lipinski definition) is 1. The van der Waals surface area contributed by atoms with Crippen LogP contribution in [-0.2, 0) is 13.2 Å². The molecule has 0 atom stereocenters. The van der Waals surface area contributed by atoms with Crippen molar-refractivity contribution in [2.45, 2.75) is 40.8 Å². The van der Waals surface area contributed by atoms with Crippen molar-refractivity contribution in [2.75, 3.05) is 13.7 Å². The molecule has 0 fully saturated rings. The molecular formula is C27H31NO4. The van der Waals surface area contributed by atoms with E-state index in [0.717, 1.165) is 39.5 Å². The second-order valence-electron chi connectivity index (χ2n) is 7.74. The van der Waals surface area contributed by atoms with Crippen molar-refractivity contribution in [3.05, 3.63) is 88.0 Å². The van der Waals surface area contributed by atoms with E-state index >= 15 is 0 Å². The zero-order valence-electron chi connectivity index (χ0n) is 19.5. The fourth-order valence-electron chi connectivity index (χ4n) is 3.56. The Hall–Kier alpha value is -3.47. The van der Waals surface area contributed by atoms with E-state index in [4.69, 9.17) is 14.2 Å². The number of methoxy groups -OCH3 is 1. The average molecular weight is 434 g/mol. The van der Waals surface area contributed by atoms with Gasteiger partial charge in [-0.15, -0.1) is 0 Å². The van der Waals surface area contributed by atoms with Crippen LogP contribution in [0.15, 0.2) is 54.6 Å². The Morgan fingerprint density at radius 2 is 1.66 bits per heavy atom. The normalized spacial score (nSPS) is 10.5. The molecule has 5 nitrogen and oxygen atoms in total. The van der Waals surface area contributed by atoms with E-state index < -0.39 is 0 Å². The van der Waals surface area contributed by atoms with Gasteiger partial charge in [0.2, 0.25) is 0 Å². The number of carbonyl (C=O) groups excluding carboxylic acids is 1. The molecule has 0 aliphatic carbocycles. The van der Waals surface area contributed by atoms with Gasteiger partial charge in [-0.05, 0) is 74.7 Å². The maximum atomic E-state index is 12.8. The average Bonchev–Trinajstić information content (AvgIpc) is 2.79. The molecule has 0 aromatic heterocycles. The number of benzene rings is 3. The van der Waals surface area contributed by atoms with E-state index in [0.29, 0.717) is 25.3 Å². The zero-order chi connectivity index (χ0) is 23.1. The fourth-order valence-corrected chi connectivity index (χ4v) is 3.56. The molecular weight excluding hydrogens is 402 g/mol. The van der Waals surface area contributed by atoms with E-state index in [1.54, 1.807) is 13.2 Å². The summed E-state index contributed by atoms with van der Waals surface area (Å²) in [4.78, 5) is 12.8. The van der Waals surface area contributed by atoms with Crippen molar-refractivity contribution >= 4 is 5.91 Å². The molecule has 0 heterocycles. The number of para-hydroxylation sites is 1. The molecule has 32 heavy (non-hydrogen) atoms. The van der Waals surface area contributed by atoms with E-state index in [9.17, 15) is 4.79 Å². The Morgan fingerprint density at radius 1 is 0.875 bits per heavy atom. The van der Waals surface area contributed by atoms with Gasteiger partial charge in [0.1, 0.15) is 23.9 Å². The van der Waals surface area contributed by atoms with Crippen LogP contribution in [0.2, 0.25) is 0 Å². The highest BCUT2D eigenvalue weighted by atomic mass is 16.5. The second kappa shape index (κ2) is 10.7. The lowest BCUT2D eigenvalue weighted by atomic mass is 10.1. The quantitative estimate of drug-likeness (QED) is 0.482. The van der Waals surface area contributed by atoms with Crippen LogP contribution in [0.25, 0.3) is 0 Å². The van der Waals surface area contributed by atoms with Gasteiger partial charge in [-0.25, -0.2) is 0 Å². The third-order valence-corrected chi connectivity index (χ3v) is 5.40. The van der Waals surface area contributed by atoms with Gasteiger partial charge in [0.05, 0.1) is 13.7 Å². The molecule has 1 amide bonds. The number of amides is 1. The zero-order valence-corrected chi connectivity index (χ0v) is 19.5. The Labute approximate surface area is 190 Å². The summed E-state index contributed by atoms with van der Waals surface area (Å²) in [5.41, 5.74) is 5.75. The molecule has 0 spiro atoms. The predicted molar refractivity (Wildman–Crippen MR) is 127 cm³/mol. The van der Waals surface area contributed by atoms with Crippen LogP contribution in [0.1, 0.15) is 45.1 Å². The lowest BCUT2D eigenvalue weighted by Gasteiger charge is -2.16. The van der Waals surface area contributed by atoms with Gasteiger partial charge in [-0.3, -0.25) is 4.79 Å². The molecule has 0 saturated heterocycles. The van der Waals surface area contributed by atoms with Crippen molar-refractivity contribution in [1.29, 1.82) is 0 Å².